The average Bonchev–Trinajstić information content (AvgIpc) is 2.60. The highest BCUT2D eigenvalue weighted by atomic mass is 32.2. The maximum atomic E-state index is 11.7. The average molecular weight is 330 g/mol. The summed E-state index contributed by atoms with van der Waals surface area (Å²) in [5.74, 6) is 1.42. The zero-order valence-corrected chi connectivity index (χ0v) is 13.8. The number of benzene rings is 2. The van der Waals surface area contributed by atoms with Gasteiger partial charge >= 0.3 is 0 Å². The number of hydrogen-bond acceptors (Lipinski definition) is 5. The summed E-state index contributed by atoms with van der Waals surface area (Å²) < 4.78 is 10.4. The number of methoxy groups -OCH3 is 2. The number of carbonyl (C=O) groups excluding carboxylic acids is 1. The van der Waals surface area contributed by atoms with E-state index in [2.05, 4.69) is 10.5 Å². The van der Waals surface area contributed by atoms with E-state index in [1.54, 1.807) is 32.6 Å². The molecule has 0 aliphatic carbocycles. The highest BCUT2D eigenvalue weighted by Crippen LogP contribution is 2.26. The van der Waals surface area contributed by atoms with Gasteiger partial charge in [0.2, 0.25) is 5.91 Å². The fourth-order valence-electron chi connectivity index (χ4n) is 1.81. The Labute approximate surface area is 139 Å². The summed E-state index contributed by atoms with van der Waals surface area (Å²) in [5, 5.41) is 3.95. The van der Waals surface area contributed by atoms with E-state index >= 15 is 0 Å². The molecule has 0 aromatic heterocycles. The topological polar surface area (TPSA) is 59.9 Å². The lowest BCUT2D eigenvalue weighted by molar-refractivity contribution is -0.118. The zero-order valence-electron chi connectivity index (χ0n) is 13.0. The molecule has 6 heteroatoms. The number of carbonyl (C=O) groups is 1. The van der Waals surface area contributed by atoms with E-state index in [4.69, 9.17) is 9.47 Å². The number of hydrogen-bond donors (Lipinski definition) is 1. The first kappa shape index (κ1) is 16.9. The van der Waals surface area contributed by atoms with Crippen LogP contribution in [0.3, 0.4) is 0 Å². The Balaban J connectivity index is 1.85. The standard InChI is InChI=1S/C17H18N2O3S/c1-21-15-9-8-13(10-16(15)22-2)11-18-19-17(20)12-23-14-6-4-3-5-7-14/h3-11H,12H2,1-2H3,(H,19,20). The number of rotatable bonds is 7. The molecule has 23 heavy (non-hydrogen) atoms. The van der Waals surface area contributed by atoms with E-state index < -0.39 is 0 Å². The molecule has 0 atom stereocenters. The Morgan fingerprint density at radius 2 is 1.87 bits per heavy atom. The molecule has 0 bridgehead atoms. The number of ether oxygens (including phenoxy) is 2. The molecular weight excluding hydrogens is 312 g/mol. The van der Waals surface area contributed by atoms with E-state index in [0.717, 1.165) is 10.5 Å². The summed E-state index contributed by atoms with van der Waals surface area (Å²) in [6, 6.07) is 15.1. The Kier molecular flexibility index (Phi) is 6.50. The Morgan fingerprint density at radius 1 is 1.13 bits per heavy atom. The molecule has 0 fully saturated rings. The first-order chi connectivity index (χ1) is 11.2. The minimum Gasteiger partial charge on any atom is -0.493 e. The number of amides is 1. The van der Waals surface area contributed by atoms with Gasteiger partial charge in [0.15, 0.2) is 11.5 Å². The van der Waals surface area contributed by atoms with Gasteiger partial charge in [-0.25, -0.2) is 5.43 Å². The highest BCUT2D eigenvalue weighted by Gasteiger charge is 2.04. The Morgan fingerprint density at radius 3 is 2.57 bits per heavy atom. The SMILES string of the molecule is COc1ccc(C=NNC(=O)CSc2ccccc2)cc1OC. The lowest BCUT2D eigenvalue weighted by atomic mass is 10.2. The largest absolute Gasteiger partial charge is 0.493 e. The van der Waals surface area contributed by atoms with Crippen LogP contribution >= 0.6 is 11.8 Å². The minimum atomic E-state index is -0.157. The maximum Gasteiger partial charge on any atom is 0.250 e. The predicted octanol–water partition coefficient (Wildman–Crippen LogP) is 2.95. The maximum absolute atomic E-state index is 11.7. The molecule has 1 N–H and O–H groups in total. The molecule has 1 amide bonds. The van der Waals surface area contributed by atoms with E-state index in [0.29, 0.717) is 17.3 Å². The quantitative estimate of drug-likeness (QED) is 0.482. The van der Waals surface area contributed by atoms with E-state index in [1.165, 1.54) is 11.8 Å². The van der Waals surface area contributed by atoms with Crippen LogP contribution in [0.15, 0.2) is 58.5 Å². The molecule has 0 saturated carbocycles. The Hall–Kier alpha value is -2.47. The molecule has 0 unspecified atom stereocenters. The van der Waals surface area contributed by atoms with Crippen molar-refractivity contribution in [1.82, 2.24) is 5.43 Å². The van der Waals surface area contributed by atoms with Crippen LogP contribution in [0.1, 0.15) is 5.56 Å². The van der Waals surface area contributed by atoms with E-state index in [9.17, 15) is 4.79 Å². The van der Waals surface area contributed by atoms with Crippen LogP contribution in [0, 0.1) is 0 Å². The van der Waals surface area contributed by atoms with Crippen molar-refractivity contribution in [3.8, 4) is 11.5 Å². The lowest BCUT2D eigenvalue weighted by Crippen LogP contribution is -2.19. The third-order valence-electron chi connectivity index (χ3n) is 2.92. The second kappa shape index (κ2) is 8.85. The summed E-state index contributed by atoms with van der Waals surface area (Å²) >= 11 is 1.46. The van der Waals surface area contributed by atoms with Gasteiger partial charge in [-0.15, -0.1) is 11.8 Å². The van der Waals surface area contributed by atoms with Crippen molar-refractivity contribution in [3.63, 3.8) is 0 Å². The Bertz CT molecular complexity index is 675. The van der Waals surface area contributed by atoms with Gasteiger partial charge in [-0.3, -0.25) is 4.79 Å². The number of thioether (sulfide) groups is 1. The van der Waals surface area contributed by atoms with Gasteiger partial charge in [0.05, 0.1) is 26.2 Å². The van der Waals surface area contributed by atoms with Crippen LogP contribution in [0.25, 0.3) is 0 Å². The smallest absolute Gasteiger partial charge is 0.250 e. The molecule has 2 rings (SSSR count). The van der Waals surface area contributed by atoms with Gasteiger partial charge in [-0.1, -0.05) is 18.2 Å². The van der Waals surface area contributed by atoms with Crippen LogP contribution in [0.4, 0.5) is 0 Å². The normalized spacial score (nSPS) is 10.5. The van der Waals surface area contributed by atoms with Crippen LogP contribution in [-0.2, 0) is 4.79 Å². The molecule has 0 aliphatic heterocycles. The van der Waals surface area contributed by atoms with Gasteiger partial charge in [0, 0.05) is 4.90 Å². The molecule has 5 nitrogen and oxygen atoms in total. The molecular formula is C17H18N2O3S. The van der Waals surface area contributed by atoms with Crippen molar-refractivity contribution in [2.24, 2.45) is 5.10 Å². The molecule has 2 aromatic rings. The van der Waals surface area contributed by atoms with Gasteiger partial charge in [-0.05, 0) is 35.9 Å². The van der Waals surface area contributed by atoms with Gasteiger partial charge < -0.3 is 9.47 Å². The van der Waals surface area contributed by atoms with Crippen molar-refractivity contribution in [2.45, 2.75) is 4.90 Å². The number of nitrogens with zero attached hydrogens (tertiary/aromatic N) is 1. The molecule has 0 spiro atoms. The molecule has 2 aromatic carbocycles. The second-order valence-corrected chi connectivity index (χ2v) is 5.56. The molecule has 120 valence electrons. The monoisotopic (exact) mass is 330 g/mol. The van der Waals surface area contributed by atoms with Crippen LogP contribution in [-0.4, -0.2) is 32.1 Å². The first-order valence-electron chi connectivity index (χ1n) is 6.94. The fourth-order valence-corrected chi connectivity index (χ4v) is 2.52. The third-order valence-corrected chi connectivity index (χ3v) is 3.94. The summed E-state index contributed by atoms with van der Waals surface area (Å²) in [5.41, 5.74) is 3.31. The predicted molar refractivity (Wildman–Crippen MR) is 92.4 cm³/mol. The first-order valence-corrected chi connectivity index (χ1v) is 7.93. The summed E-state index contributed by atoms with van der Waals surface area (Å²) in [7, 11) is 3.15. The fraction of sp³-hybridized carbons (Fsp3) is 0.176. The third kappa shape index (κ3) is 5.34. The van der Waals surface area contributed by atoms with Crippen LogP contribution < -0.4 is 14.9 Å². The van der Waals surface area contributed by atoms with Crippen molar-refractivity contribution >= 4 is 23.9 Å². The summed E-state index contributed by atoms with van der Waals surface area (Å²) in [6.07, 6.45) is 1.56. The van der Waals surface area contributed by atoms with Gasteiger partial charge in [-0.2, -0.15) is 5.10 Å². The van der Waals surface area contributed by atoms with E-state index in [-0.39, 0.29) is 5.91 Å². The van der Waals surface area contributed by atoms with Gasteiger partial charge in [0.25, 0.3) is 0 Å². The molecule has 0 saturated heterocycles. The van der Waals surface area contributed by atoms with E-state index in [1.807, 2.05) is 36.4 Å². The molecule has 0 aliphatic rings. The minimum absolute atomic E-state index is 0.157. The number of nitrogens with one attached hydrogen (secondary N) is 1. The van der Waals surface area contributed by atoms with Crippen LogP contribution in [0.5, 0.6) is 11.5 Å². The summed E-state index contributed by atoms with van der Waals surface area (Å²) in [6.45, 7) is 0. The lowest BCUT2D eigenvalue weighted by Gasteiger charge is -2.07. The zero-order chi connectivity index (χ0) is 16.5. The van der Waals surface area contributed by atoms with Crippen molar-refractivity contribution < 1.29 is 14.3 Å². The molecule has 0 heterocycles. The summed E-state index contributed by atoms with van der Waals surface area (Å²) in [4.78, 5) is 12.8. The number of hydrazone groups is 1. The van der Waals surface area contributed by atoms with Crippen LogP contribution in [0.2, 0.25) is 0 Å². The second-order valence-electron chi connectivity index (χ2n) is 4.51. The van der Waals surface area contributed by atoms with Gasteiger partial charge in [0.1, 0.15) is 0 Å². The van der Waals surface area contributed by atoms with Crippen molar-refractivity contribution in [3.05, 3.63) is 54.1 Å². The van der Waals surface area contributed by atoms with Crippen molar-refractivity contribution in [2.75, 3.05) is 20.0 Å². The molecule has 0 radical (unpaired) electrons. The van der Waals surface area contributed by atoms with Crippen molar-refractivity contribution in [1.29, 1.82) is 0 Å². The highest BCUT2D eigenvalue weighted by molar-refractivity contribution is 8.00.